The zero-order valence-electron chi connectivity index (χ0n) is 10.2. The Morgan fingerprint density at radius 3 is 2.00 bits per heavy atom. The molecule has 1 unspecified atom stereocenters. The zero-order chi connectivity index (χ0) is 12.1. The molecule has 0 amide bonds. The molecule has 0 saturated carbocycles. The maximum Gasteiger partial charge on any atom is 0.213 e. The lowest BCUT2D eigenvalue weighted by Gasteiger charge is -2.22. The topological polar surface area (TPSA) is 72.2 Å². The molecule has 0 spiro atoms. The van der Waals surface area contributed by atoms with Crippen molar-refractivity contribution >= 4 is 10.0 Å². The van der Waals surface area contributed by atoms with Gasteiger partial charge in [0, 0.05) is 12.6 Å². The summed E-state index contributed by atoms with van der Waals surface area (Å²) in [6.45, 7) is 7.80. The quantitative estimate of drug-likeness (QED) is 0.694. The van der Waals surface area contributed by atoms with Crippen molar-refractivity contribution in [3.8, 4) is 0 Å². The van der Waals surface area contributed by atoms with Gasteiger partial charge in [-0.05, 0) is 19.8 Å². The number of hydrogen-bond donors (Lipinski definition) is 2. The van der Waals surface area contributed by atoms with E-state index in [1.165, 1.54) is 0 Å². The smallest absolute Gasteiger partial charge is 0.213 e. The molecule has 4 nitrogen and oxygen atoms in total. The Morgan fingerprint density at radius 1 is 1.20 bits per heavy atom. The largest absolute Gasteiger partial charge is 0.326 e. The van der Waals surface area contributed by atoms with Gasteiger partial charge in [0.15, 0.2) is 0 Å². The van der Waals surface area contributed by atoms with Crippen molar-refractivity contribution in [2.45, 2.75) is 51.8 Å². The van der Waals surface area contributed by atoms with E-state index >= 15 is 0 Å². The van der Waals surface area contributed by atoms with E-state index in [-0.39, 0.29) is 6.04 Å². The van der Waals surface area contributed by atoms with Crippen molar-refractivity contribution in [1.82, 2.24) is 4.72 Å². The summed E-state index contributed by atoms with van der Waals surface area (Å²) in [6, 6.07) is -0.0893. The lowest BCUT2D eigenvalue weighted by Crippen LogP contribution is -2.43. The predicted molar refractivity (Wildman–Crippen MR) is 64.1 cm³/mol. The zero-order valence-corrected chi connectivity index (χ0v) is 11.0. The fourth-order valence-electron chi connectivity index (χ4n) is 1.44. The van der Waals surface area contributed by atoms with Gasteiger partial charge >= 0.3 is 0 Å². The van der Waals surface area contributed by atoms with E-state index in [4.69, 9.17) is 5.73 Å². The number of nitrogens with two attached hydrogens (primary N) is 1. The number of hydrogen-bond acceptors (Lipinski definition) is 3. The van der Waals surface area contributed by atoms with Gasteiger partial charge < -0.3 is 5.73 Å². The molecule has 0 bridgehead atoms. The van der Waals surface area contributed by atoms with Gasteiger partial charge in [-0.3, -0.25) is 0 Å². The summed E-state index contributed by atoms with van der Waals surface area (Å²) in [4.78, 5) is 0. The highest BCUT2D eigenvalue weighted by atomic mass is 32.2. The molecule has 0 rings (SSSR count). The van der Waals surface area contributed by atoms with Crippen LogP contribution in [0.1, 0.15) is 40.5 Å². The lowest BCUT2D eigenvalue weighted by atomic mass is 9.95. The van der Waals surface area contributed by atoms with Crippen LogP contribution in [0.2, 0.25) is 0 Å². The van der Waals surface area contributed by atoms with E-state index in [1.807, 2.05) is 0 Å². The van der Waals surface area contributed by atoms with Crippen LogP contribution < -0.4 is 10.5 Å². The van der Waals surface area contributed by atoms with Gasteiger partial charge in [0.25, 0.3) is 0 Å². The van der Waals surface area contributed by atoms with Gasteiger partial charge in [0.05, 0.1) is 5.25 Å². The Labute approximate surface area is 93.7 Å². The third-order valence-electron chi connectivity index (χ3n) is 2.80. The monoisotopic (exact) mass is 236 g/mol. The van der Waals surface area contributed by atoms with E-state index in [1.54, 1.807) is 13.8 Å². The SMILES string of the molecule is CCC(CC)C(N)CNS(=O)(=O)C(C)C. The van der Waals surface area contributed by atoms with Gasteiger partial charge in [0.2, 0.25) is 10.0 Å². The minimum Gasteiger partial charge on any atom is -0.326 e. The molecule has 92 valence electrons. The van der Waals surface area contributed by atoms with Crippen LogP contribution in [0.3, 0.4) is 0 Å². The molecular weight excluding hydrogens is 212 g/mol. The minimum atomic E-state index is -3.17. The van der Waals surface area contributed by atoms with Crippen LogP contribution in [0.5, 0.6) is 0 Å². The Bertz CT molecular complexity index is 259. The summed E-state index contributed by atoms with van der Waals surface area (Å²) in [5, 5.41) is -0.397. The fraction of sp³-hybridized carbons (Fsp3) is 1.00. The summed E-state index contributed by atoms with van der Waals surface area (Å²) in [5.74, 6) is 0.389. The molecule has 3 N–H and O–H groups in total. The first-order chi connectivity index (χ1) is 6.85. The van der Waals surface area contributed by atoms with Crippen LogP contribution in [-0.4, -0.2) is 26.3 Å². The molecule has 0 aromatic heterocycles. The Kier molecular flexibility index (Phi) is 6.40. The molecule has 0 aliphatic heterocycles. The van der Waals surface area contributed by atoms with Crippen molar-refractivity contribution in [2.75, 3.05) is 6.54 Å². The summed E-state index contributed by atoms with van der Waals surface area (Å²) in [7, 11) is -3.17. The molecule has 0 aliphatic carbocycles. The third kappa shape index (κ3) is 4.95. The van der Waals surface area contributed by atoms with E-state index in [2.05, 4.69) is 18.6 Å². The normalized spacial score (nSPS) is 14.9. The molecule has 15 heavy (non-hydrogen) atoms. The average Bonchev–Trinajstić information content (AvgIpc) is 2.16. The molecular formula is C10H24N2O2S. The van der Waals surface area contributed by atoms with Crippen LogP contribution in [0.25, 0.3) is 0 Å². The predicted octanol–water partition coefficient (Wildman–Crippen LogP) is 1.08. The van der Waals surface area contributed by atoms with Crippen molar-refractivity contribution < 1.29 is 8.42 Å². The van der Waals surface area contributed by atoms with Crippen molar-refractivity contribution in [2.24, 2.45) is 11.7 Å². The second-order valence-electron chi connectivity index (χ2n) is 4.18. The van der Waals surface area contributed by atoms with Crippen molar-refractivity contribution in [3.63, 3.8) is 0 Å². The first-order valence-corrected chi connectivity index (χ1v) is 7.13. The summed E-state index contributed by atoms with van der Waals surface area (Å²) in [5.41, 5.74) is 5.92. The first kappa shape index (κ1) is 14.9. The number of sulfonamides is 1. The summed E-state index contributed by atoms with van der Waals surface area (Å²) in [6.07, 6.45) is 1.97. The highest BCUT2D eigenvalue weighted by Crippen LogP contribution is 2.11. The Morgan fingerprint density at radius 2 is 1.67 bits per heavy atom. The Balaban J connectivity index is 4.16. The van der Waals surface area contributed by atoms with Gasteiger partial charge in [-0.1, -0.05) is 26.7 Å². The van der Waals surface area contributed by atoms with E-state index < -0.39 is 15.3 Å². The van der Waals surface area contributed by atoms with Gasteiger partial charge in [0.1, 0.15) is 0 Å². The van der Waals surface area contributed by atoms with Gasteiger partial charge in [-0.2, -0.15) is 0 Å². The maximum atomic E-state index is 11.5. The second-order valence-corrected chi connectivity index (χ2v) is 6.50. The molecule has 0 aromatic carbocycles. The molecule has 0 radical (unpaired) electrons. The Hall–Kier alpha value is -0.130. The van der Waals surface area contributed by atoms with Crippen LogP contribution >= 0.6 is 0 Å². The summed E-state index contributed by atoms with van der Waals surface area (Å²) >= 11 is 0. The fourth-order valence-corrected chi connectivity index (χ4v) is 2.20. The standard InChI is InChI=1S/C10H24N2O2S/c1-5-9(6-2)10(11)7-12-15(13,14)8(3)4/h8-10,12H,5-7,11H2,1-4H3. The highest BCUT2D eigenvalue weighted by molar-refractivity contribution is 7.90. The molecule has 0 fully saturated rings. The van der Waals surface area contributed by atoms with E-state index in [0.717, 1.165) is 12.8 Å². The van der Waals surface area contributed by atoms with Gasteiger partial charge in [-0.15, -0.1) is 0 Å². The maximum absolute atomic E-state index is 11.5. The third-order valence-corrected chi connectivity index (χ3v) is 4.61. The first-order valence-electron chi connectivity index (χ1n) is 5.59. The minimum absolute atomic E-state index is 0.0893. The average molecular weight is 236 g/mol. The van der Waals surface area contributed by atoms with Crippen LogP contribution in [0, 0.1) is 5.92 Å². The van der Waals surface area contributed by atoms with E-state index in [9.17, 15) is 8.42 Å². The molecule has 0 heterocycles. The molecule has 0 aliphatic rings. The summed E-state index contributed by atoms with van der Waals surface area (Å²) < 4.78 is 25.5. The molecule has 0 aromatic rings. The second kappa shape index (κ2) is 6.45. The van der Waals surface area contributed by atoms with Crippen LogP contribution in [0.4, 0.5) is 0 Å². The molecule has 5 heteroatoms. The molecule has 1 atom stereocenters. The van der Waals surface area contributed by atoms with Crippen molar-refractivity contribution in [1.29, 1.82) is 0 Å². The van der Waals surface area contributed by atoms with Gasteiger partial charge in [-0.25, -0.2) is 13.1 Å². The van der Waals surface area contributed by atoms with Crippen molar-refractivity contribution in [3.05, 3.63) is 0 Å². The van der Waals surface area contributed by atoms with E-state index in [0.29, 0.717) is 12.5 Å². The lowest BCUT2D eigenvalue weighted by molar-refractivity contribution is 0.392. The number of rotatable bonds is 7. The van der Waals surface area contributed by atoms with Crippen LogP contribution in [-0.2, 0) is 10.0 Å². The van der Waals surface area contributed by atoms with Crippen LogP contribution in [0.15, 0.2) is 0 Å². The number of nitrogens with one attached hydrogen (secondary N) is 1. The highest BCUT2D eigenvalue weighted by Gasteiger charge is 2.19. The molecule has 0 saturated heterocycles.